The molecule has 0 amide bonds. The molecule has 0 bridgehead atoms. The zero-order chi connectivity index (χ0) is 23.6. The molecule has 2 heterocycles. The summed E-state index contributed by atoms with van der Waals surface area (Å²) >= 11 is 2.60. The van der Waals surface area contributed by atoms with Gasteiger partial charge in [0.25, 0.3) is 0 Å². The maximum Gasteiger partial charge on any atom is 0.349 e. The van der Waals surface area contributed by atoms with Crippen LogP contribution in [0.5, 0.6) is 0 Å². The highest BCUT2D eigenvalue weighted by molar-refractivity contribution is 7.12. The van der Waals surface area contributed by atoms with Gasteiger partial charge in [-0.2, -0.15) is 0 Å². The van der Waals surface area contributed by atoms with E-state index in [4.69, 9.17) is 33.5 Å². The van der Waals surface area contributed by atoms with Crippen LogP contribution in [0.15, 0.2) is 35.0 Å². The predicted molar refractivity (Wildman–Crippen MR) is 124 cm³/mol. The van der Waals surface area contributed by atoms with Crippen LogP contribution in [0.25, 0.3) is 0 Å². The van der Waals surface area contributed by atoms with Gasteiger partial charge in [-0.1, -0.05) is 12.1 Å². The number of esters is 1. The van der Waals surface area contributed by atoms with Gasteiger partial charge in [-0.15, -0.1) is 22.7 Å². The fourth-order valence-electron chi connectivity index (χ4n) is 2.64. The van der Waals surface area contributed by atoms with Gasteiger partial charge in [0.2, 0.25) is 5.60 Å². The van der Waals surface area contributed by atoms with Crippen LogP contribution in [0.4, 0.5) is 0 Å². The van der Waals surface area contributed by atoms with Gasteiger partial charge in [0.1, 0.15) is 6.61 Å². The standard InChI is InChI=1S/C22H32O9S2/c23-5-6-26-7-8-27-9-10-28-11-12-29-13-14-30-15-16-31-21(24)22(25,19-3-1-17-32-19)20-4-2-18-33-20/h1-4,17-18,23,25H,5-16H2. The molecule has 0 aromatic carbocycles. The Bertz CT molecular complexity index is 688. The summed E-state index contributed by atoms with van der Waals surface area (Å²) in [5.41, 5.74) is -1.80. The molecule has 0 aliphatic carbocycles. The summed E-state index contributed by atoms with van der Waals surface area (Å²) < 4.78 is 31.8. The van der Waals surface area contributed by atoms with E-state index in [1.165, 1.54) is 22.7 Å². The van der Waals surface area contributed by atoms with Gasteiger partial charge in [0.15, 0.2) is 0 Å². The monoisotopic (exact) mass is 504 g/mol. The van der Waals surface area contributed by atoms with E-state index >= 15 is 0 Å². The molecular weight excluding hydrogens is 472 g/mol. The number of ether oxygens (including phenoxy) is 6. The van der Waals surface area contributed by atoms with Crippen molar-refractivity contribution in [2.24, 2.45) is 0 Å². The second-order valence-electron chi connectivity index (χ2n) is 6.59. The second kappa shape index (κ2) is 17.1. The van der Waals surface area contributed by atoms with E-state index < -0.39 is 11.6 Å². The summed E-state index contributed by atoms with van der Waals surface area (Å²) in [6.45, 7) is 4.06. The predicted octanol–water partition coefficient (Wildman–Crippen LogP) is 1.66. The van der Waals surface area contributed by atoms with Gasteiger partial charge >= 0.3 is 5.97 Å². The molecule has 0 fully saturated rings. The van der Waals surface area contributed by atoms with E-state index in [-0.39, 0.29) is 19.8 Å². The van der Waals surface area contributed by atoms with Crippen LogP contribution < -0.4 is 0 Å². The number of aliphatic hydroxyl groups excluding tert-OH is 1. The highest BCUT2D eigenvalue weighted by Gasteiger charge is 2.43. The van der Waals surface area contributed by atoms with E-state index in [1.54, 1.807) is 35.0 Å². The summed E-state index contributed by atoms with van der Waals surface area (Å²) in [5.74, 6) is -0.717. The number of rotatable bonds is 20. The van der Waals surface area contributed by atoms with E-state index in [0.717, 1.165) is 0 Å². The normalized spacial score (nSPS) is 11.7. The first-order chi connectivity index (χ1) is 16.2. The van der Waals surface area contributed by atoms with Gasteiger partial charge < -0.3 is 38.6 Å². The average Bonchev–Trinajstić information content (AvgIpc) is 3.55. The van der Waals surface area contributed by atoms with Crippen LogP contribution in [0.1, 0.15) is 9.75 Å². The lowest BCUT2D eigenvalue weighted by molar-refractivity contribution is -0.163. The number of carbonyl (C=O) groups is 1. The maximum atomic E-state index is 12.6. The van der Waals surface area contributed by atoms with Crippen molar-refractivity contribution in [3.05, 3.63) is 44.8 Å². The minimum Gasteiger partial charge on any atom is -0.461 e. The molecule has 9 nitrogen and oxygen atoms in total. The molecule has 0 spiro atoms. The second-order valence-corrected chi connectivity index (χ2v) is 8.48. The quantitative estimate of drug-likeness (QED) is 0.205. The number of hydrogen-bond donors (Lipinski definition) is 2. The smallest absolute Gasteiger partial charge is 0.349 e. The first-order valence-electron chi connectivity index (χ1n) is 10.7. The summed E-state index contributed by atoms with van der Waals surface area (Å²) in [4.78, 5) is 13.7. The lowest BCUT2D eigenvalue weighted by Gasteiger charge is -2.23. The first kappa shape index (κ1) is 27.8. The minimum absolute atomic E-state index is 0.0118. The van der Waals surface area contributed by atoms with E-state index in [0.29, 0.717) is 69.2 Å². The lowest BCUT2D eigenvalue weighted by Crippen LogP contribution is -2.37. The summed E-state index contributed by atoms with van der Waals surface area (Å²) in [6.07, 6.45) is 0. The first-order valence-corrected chi connectivity index (χ1v) is 12.4. The number of aliphatic hydroxyl groups is 2. The molecule has 2 N–H and O–H groups in total. The molecule has 0 aliphatic heterocycles. The van der Waals surface area contributed by atoms with Crippen molar-refractivity contribution in [3.63, 3.8) is 0 Å². The van der Waals surface area contributed by atoms with Crippen molar-refractivity contribution in [1.29, 1.82) is 0 Å². The summed E-state index contributed by atoms with van der Waals surface area (Å²) in [7, 11) is 0. The molecule has 2 aromatic heterocycles. The highest BCUT2D eigenvalue weighted by atomic mass is 32.1. The van der Waals surface area contributed by atoms with Crippen LogP contribution in [-0.2, 0) is 38.8 Å². The molecule has 0 aliphatic rings. The lowest BCUT2D eigenvalue weighted by atomic mass is 10.0. The van der Waals surface area contributed by atoms with Crippen molar-refractivity contribution in [1.82, 2.24) is 0 Å². The minimum atomic E-state index is -1.80. The molecule has 33 heavy (non-hydrogen) atoms. The van der Waals surface area contributed by atoms with Crippen LogP contribution in [0.2, 0.25) is 0 Å². The molecule has 186 valence electrons. The molecule has 0 atom stereocenters. The third-order valence-electron chi connectivity index (χ3n) is 4.24. The molecule has 0 unspecified atom stereocenters. The molecule has 0 radical (unpaired) electrons. The Kier molecular flexibility index (Phi) is 14.4. The van der Waals surface area contributed by atoms with Crippen LogP contribution in [0.3, 0.4) is 0 Å². The van der Waals surface area contributed by atoms with Gasteiger partial charge in [0.05, 0.1) is 82.4 Å². The topological polar surface area (TPSA) is 113 Å². The SMILES string of the molecule is O=C(OCCOCCOCCOCCOCCOCCO)C(O)(c1cccs1)c1cccs1. The van der Waals surface area contributed by atoms with E-state index in [9.17, 15) is 9.90 Å². The fraction of sp³-hybridized carbons (Fsp3) is 0.591. The molecule has 2 rings (SSSR count). The Morgan fingerprint density at radius 2 is 1.09 bits per heavy atom. The molecule has 2 aromatic rings. The van der Waals surface area contributed by atoms with Crippen molar-refractivity contribution >= 4 is 28.6 Å². The summed E-state index contributed by atoms with van der Waals surface area (Å²) in [5, 5.41) is 23.3. The third kappa shape index (κ3) is 10.2. The molecule has 11 heteroatoms. The molecule has 0 saturated carbocycles. The largest absolute Gasteiger partial charge is 0.461 e. The van der Waals surface area contributed by atoms with Crippen molar-refractivity contribution in [2.45, 2.75) is 5.60 Å². The Hall–Kier alpha value is -1.41. The Morgan fingerprint density at radius 3 is 1.45 bits per heavy atom. The van der Waals surface area contributed by atoms with Crippen LogP contribution in [-0.4, -0.2) is 95.5 Å². The van der Waals surface area contributed by atoms with E-state index in [2.05, 4.69) is 0 Å². The van der Waals surface area contributed by atoms with E-state index in [1.807, 2.05) is 0 Å². The summed E-state index contributed by atoms with van der Waals surface area (Å²) in [6, 6.07) is 7.00. The van der Waals surface area contributed by atoms with Gasteiger partial charge in [-0.25, -0.2) is 4.79 Å². The Morgan fingerprint density at radius 1 is 0.697 bits per heavy atom. The van der Waals surface area contributed by atoms with Crippen molar-refractivity contribution in [2.75, 3.05) is 79.3 Å². The van der Waals surface area contributed by atoms with Crippen molar-refractivity contribution in [3.8, 4) is 0 Å². The van der Waals surface area contributed by atoms with Gasteiger partial charge in [-0.05, 0) is 22.9 Å². The molecular formula is C22H32O9S2. The van der Waals surface area contributed by atoms with Crippen LogP contribution in [0, 0.1) is 0 Å². The molecule has 0 saturated heterocycles. The Labute approximate surface area is 201 Å². The van der Waals surface area contributed by atoms with Gasteiger partial charge in [-0.3, -0.25) is 0 Å². The number of hydrogen-bond acceptors (Lipinski definition) is 11. The zero-order valence-electron chi connectivity index (χ0n) is 18.5. The number of thiophene rings is 2. The van der Waals surface area contributed by atoms with Crippen LogP contribution >= 0.6 is 22.7 Å². The Balaban J connectivity index is 1.46. The zero-order valence-corrected chi connectivity index (χ0v) is 20.2. The van der Waals surface area contributed by atoms with Crippen molar-refractivity contribution < 1.29 is 43.4 Å². The number of carbonyl (C=O) groups excluding carboxylic acids is 1. The maximum absolute atomic E-state index is 12.6. The fourth-order valence-corrected chi connectivity index (χ4v) is 4.35. The average molecular weight is 505 g/mol. The highest BCUT2D eigenvalue weighted by Crippen LogP contribution is 2.36. The third-order valence-corrected chi connectivity index (χ3v) is 6.19. The van der Waals surface area contributed by atoms with Gasteiger partial charge in [0, 0.05) is 0 Å².